The first-order valence-electron chi connectivity index (χ1n) is 7.20. The van der Waals surface area contributed by atoms with Gasteiger partial charge in [0, 0.05) is 45.4 Å². The zero-order chi connectivity index (χ0) is 14.8. The summed E-state index contributed by atoms with van der Waals surface area (Å²) < 4.78 is 1.94. The van der Waals surface area contributed by atoms with Crippen molar-refractivity contribution in [1.82, 2.24) is 24.4 Å². The highest BCUT2D eigenvalue weighted by atomic mass is 16.2. The van der Waals surface area contributed by atoms with Gasteiger partial charge in [0.2, 0.25) is 5.91 Å². The second-order valence-corrected chi connectivity index (χ2v) is 5.48. The standard InChI is InChI=1S/C15H19N5O/c1-11(21)20-7-3-4-12(9-20)14-15(18-6-5-17-14)13-8-16-10-19(13)2/h5-6,8,10,12H,3-4,7,9H2,1-2H3/t12-/m1/s1. The molecule has 21 heavy (non-hydrogen) atoms. The molecular weight excluding hydrogens is 266 g/mol. The minimum atomic E-state index is 0.130. The zero-order valence-corrected chi connectivity index (χ0v) is 12.4. The first kappa shape index (κ1) is 13.7. The summed E-state index contributed by atoms with van der Waals surface area (Å²) in [5.41, 5.74) is 2.79. The number of nitrogens with zero attached hydrogens (tertiary/aromatic N) is 5. The summed E-state index contributed by atoms with van der Waals surface area (Å²) in [7, 11) is 1.95. The van der Waals surface area contributed by atoms with E-state index in [0.29, 0.717) is 0 Å². The lowest BCUT2D eigenvalue weighted by atomic mass is 9.92. The normalized spacial score (nSPS) is 18.8. The smallest absolute Gasteiger partial charge is 0.219 e. The number of likely N-dealkylation sites (tertiary alicyclic amines) is 1. The van der Waals surface area contributed by atoms with Crippen molar-refractivity contribution < 1.29 is 4.79 Å². The van der Waals surface area contributed by atoms with Gasteiger partial charge in [-0.15, -0.1) is 0 Å². The van der Waals surface area contributed by atoms with Gasteiger partial charge in [0.25, 0.3) is 0 Å². The molecule has 6 nitrogen and oxygen atoms in total. The maximum absolute atomic E-state index is 11.6. The Morgan fingerprint density at radius 2 is 2.14 bits per heavy atom. The van der Waals surface area contributed by atoms with Crippen molar-refractivity contribution in [2.75, 3.05) is 13.1 Å². The first-order valence-corrected chi connectivity index (χ1v) is 7.20. The highest BCUT2D eigenvalue weighted by Gasteiger charge is 2.27. The van der Waals surface area contributed by atoms with E-state index in [9.17, 15) is 4.79 Å². The van der Waals surface area contributed by atoms with Crippen molar-refractivity contribution in [3.63, 3.8) is 0 Å². The van der Waals surface area contributed by atoms with Crippen LogP contribution in [0.1, 0.15) is 31.4 Å². The summed E-state index contributed by atoms with van der Waals surface area (Å²) in [5, 5.41) is 0. The molecule has 1 aliphatic rings. The lowest BCUT2D eigenvalue weighted by molar-refractivity contribution is -0.130. The van der Waals surface area contributed by atoms with E-state index in [4.69, 9.17) is 0 Å². The van der Waals surface area contributed by atoms with E-state index >= 15 is 0 Å². The third-order valence-electron chi connectivity index (χ3n) is 4.04. The van der Waals surface area contributed by atoms with E-state index in [1.165, 1.54) is 0 Å². The average molecular weight is 285 g/mol. The number of imidazole rings is 1. The molecule has 1 atom stereocenters. The largest absolute Gasteiger partial charge is 0.342 e. The predicted molar refractivity (Wildman–Crippen MR) is 78.5 cm³/mol. The number of amides is 1. The Morgan fingerprint density at radius 1 is 1.33 bits per heavy atom. The molecular formula is C15H19N5O. The quantitative estimate of drug-likeness (QED) is 0.841. The van der Waals surface area contributed by atoms with Crippen LogP contribution in [0.3, 0.4) is 0 Å². The second-order valence-electron chi connectivity index (χ2n) is 5.48. The van der Waals surface area contributed by atoms with Crippen LogP contribution in [-0.4, -0.2) is 43.4 Å². The topological polar surface area (TPSA) is 63.9 Å². The van der Waals surface area contributed by atoms with Crippen LogP contribution < -0.4 is 0 Å². The van der Waals surface area contributed by atoms with Crippen molar-refractivity contribution in [3.05, 3.63) is 30.6 Å². The molecule has 2 aromatic heterocycles. The van der Waals surface area contributed by atoms with Crippen LogP contribution in [0.15, 0.2) is 24.9 Å². The van der Waals surface area contributed by atoms with E-state index in [2.05, 4.69) is 15.0 Å². The minimum Gasteiger partial charge on any atom is -0.342 e. The Bertz CT molecular complexity index is 651. The number of aryl methyl sites for hydroxylation is 1. The molecule has 1 fully saturated rings. The molecule has 1 saturated heterocycles. The van der Waals surface area contributed by atoms with Gasteiger partial charge >= 0.3 is 0 Å². The number of carbonyl (C=O) groups excluding carboxylic acids is 1. The fourth-order valence-electron chi connectivity index (χ4n) is 2.92. The van der Waals surface area contributed by atoms with Gasteiger partial charge < -0.3 is 9.47 Å². The van der Waals surface area contributed by atoms with Gasteiger partial charge in [-0.25, -0.2) is 4.98 Å². The van der Waals surface area contributed by atoms with Crippen molar-refractivity contribution in [2.45, 2.75) is 25.7 Å². The monoisotopic (exact) mass is 285 g/mol. The number of aromatic nitrogens is 4. The Labute approximate surface area is 123 Å². The van der Waals surface area contributed by atoms with Gasteiger partial charge in [-0.05, 0) is 12.8 Å². The van der Waals surface area contributed by atoms with Crippen LogP contribution >= 0.6 is 0 Å². The van der Waals surface area contributed by atoms with Crippen LogP contribution in [0.2, 0.25) is 0 Å². The Balaban J connectivity index is 1.96. The van der Waals surface area contributed by atoms with E-state index in [1.54, 1.807) is 31.8 Å². The number of carbonyl (C=O) groups is 1. The lowest BCUT2D eigenvalue weighted by Crippen LogP contribution is -2.38. The molecule has 0 radical (unpaired) electrons. The number of hydrogen-bond acceptors (Lipinski definition) is 4. The summed E-state index contributed by atoms with van der Waals surface area (Å²) in [4.78, 5) is 26.7. The van der Waals surface area contributed by atoms with Gasteiger partial charge in [0.15, 0.2) is 0 Å². The molecule has 0 bridgehead atoms. The molecule has 110 valence electrons. The molecule has 0 saturated carbocycles. The van der Waals surface area contributed by atoms with E-state index in [0.717, 1.165) is 43.0 Å². The molecule has 0 unspecified atom stereocenters. The molecule has 1 aliphatic heterocycles. The fraction of sp³-hybridized carbons (Fsp3) is 0.467. The van der Waals surface area contributed by atoms with Crippen LogP contribution in [0.5, 0.6) is 0 Å². The first-order chi connectivity index (χ1) is 10.2. The van der Waals surface area contributed by atoms with Crippen molar-refractivity contribution in [1.29, 1.82) is 0 Å². The number of piperidine rings is 1. The summed E-state index contributed by atoms with van der Waals surface area (Å²) in [6, 6.07) is 0. The van der Waals surface area contributed by atoms with Crippen LogP contribution in [-0.2, 0) is 11.8 Å². The van der Waals surface area contributed by atoms with Crippen molar-refractivity contribution in [2.24, 2.45) is 7.05 Å². The summed E-state index contributed by atoms with van der Waals surface area (Å²) in [6.45, 7) is 3.19. The Hall–Kier alpha value is -2.24. The molecule has 0 spiro atoms. The molecule has 0 aromatic carbocycles. The molecule has 3 heterocycles. The van der Waals surface area contributed by atoms with E-state index in [1.807, 2.05) is 16.5 Å². The summed E-state index contributed by atoms with van der Waals surface area (Å²) in [5.74, 6) is 0.368. The van der Waals surface area contributed by atoms with Crippen molar-refractivity contribution >= 4 is 5.91 Å². The van der Waals surface area contributed by atoms with Gasteiger partial charge in [-0.2, -0.15) is 0 Å². The van der Waals surface area contributed by atoms with Crippen LogP contribution in [0.25, 0.3) is 11.4 Å². The number of hydrogen-bond donors (Lipinski definition) is 0. The SMILES string of the molecule is CC(=O)N1CCC[C@@H](c2nccnc2-c2cncn2C)C1. The Morgan fingerprint density at radius 3 is 2.86 bits per heavy atom. The highest BCUT2D eigenvalue weighted by Crippen LogP contribution is 2.31. The average Bonchev–Trinajstić information content (AvgIpc) is 2.93. The second kappa shape index (κ2) is 5.63. The lowest BCUT2D eigenvalue weighted by Gasteiger charge is -2.32. The summed E-state index contributed by atoms with van der Waals surface area (Å²) >= 11 is 0. The zero-order valence-electron chi connectivity index (χ0n) is 12.4. The highest BCUT2D eigenvalue weighted by molar-refractivity contribution is 5.73. The van der Waals surface area contributed by atoms with Crippen molar-refractivity contribution in [3.8, 4) is 11.4 Å². The molecule has 1 amide bonds. The maximum Gasteiger partial charge on any atom is 0.219 e. The van der Waals surface area contributed by atoms with Gasteiger partial charge in [0.05, 0.1) is 23.9 Å². The van der Waals surface area contributed by atoms with Crippen LogP contribution in [0, 0.1) is 0 Å². The maximum atomic E-state index is 11.6. The van der Waals surface area contributed by atoms with Gasteiger partial charge in [-0.1, -0.05) is 0 Å². The van der Waals surface area contributed by atoms with Gasteiger partial charge in [-0.3, -0.25) is 14.8 Å². The number of rotatable bonds is 2. The van der Waals surface area contributed by atoms with Crippen LogP contribution in [0.4, 0.5) is 0 Å². The van der Waals surface area contributed by atoms with E-state index in [-0.39, 0.29) is 11.8 Å². The fourth-order valence-corrected chi connectivity index (χ4v) is 2.92. The molecule has 3 rings (SSSR count). The third-order valence-corrected chi connectivity index (χ3v) is 4.04. The van der Waals surface area contributed by atoms with E-state index < -0.39 is 0 Å². The molecule has 2 aromatic rings. The molecule has 0 aliphatic carbocycles. The minimum absolute atomic E-state index is 0.130. The van der Waals surface area contributed by atoms with Gasteiger partial charge in [0.1, 0.15) is 5.69 Å². The third kappa shape index (κ3) is 2.66. The Kier molecular flexibility index (Phi) is 3.68. The predicted octanol–water partition coefficient (Wildman–Crippen LogP) is 1.60. The molecule has 6 heteroatoms. The summed E-state index contributed by atoms with van der Waals surface area (Å²) in [6.07, 6.45) is 9.04. The molecule has 0 N–H and O–H groups in total.